The quantitative estimate of drug-likeness (QED) is 0.780. The fraction of sp³-hybridized carbons (Fsp3) is 0.500. The van der Waals surface area contributed by atoms with Crippen LogP contribution in [0, 0.1) is 11.8 Å². The van der Waals surface area contributed by atoms with Gasteiger partial charge < -0.3 is 15.2 Å². The first-order valence-electron chi connectivity index (χ1n) is 6.32. The van der Waals surface area contributed by atoms with Crippen molar-refractivity contribution in [3.05, 3.63) is 23.9 Å². The molecule has 0 unspecified atom stereocenters. The minimum absolute atomic E-state index is 0.0811. The molecule has 0 aliphatic carbocycles. The van der Waals surface area contributed by atoms with Gasteiger partial charge in [0.25, 0.3) is 0 Å². The van der Waals surface area contributed by atoms with Crippen LogP contribution < -0.4 is 10.1 Å². The van der Waals surface area contributed by atoms with Gasteiger partial charge in [-0.1, -0.05) is 11.8 Å². The van der Waals surface area contributed by atoms with Crippen LogP contribution in [0.5, 0.6) is 5.88 Å². The van der Waals surface area contributed by atoms with Crippen molar-refractivity contribution in [2.75, 3.05) is 19.7 Å². The molecule has 4 nitrogen and oxygen atoms in total. The van der Waals surface area contributed by atoms with Crippen LogP contribution >= 0.6 is 0 Å². The predicted molar refractivity (Wildman–Crippen MR) is 69.3 cm³/mol. The molecule has 96 valence electrons. The maximum Gasteiger partial charge on any atom is 0.229 e. The summed E-state index contributed by atoms with van der Waals surface area (Å²) in [7, 11) is 0. The van der Waals surface area contributed by atoms with Gasteiger partial charge in [-0.15, -0.1) is 0 Å². The van der Waals surface area contributed by atoms with Crippen molar-refractivity contribution < 1.29 is 9.84 Å². The van der Waals surface area contributed by atoms with E-state index in [0.717, 1.165) is 31.5 Å². The van der Waals surface area contributed by atoms with Crippen molar-refractivity contribution in [1.82, 2.24) is 10.3 Å². The Morgan fingerprint density at radius 2 is 2.28 bits per heavy atom. The van der Waals surface area contributed by atoms with E-state index in [1.807, 2.05) is 12.1 Å². The van der Waals surface area contributed by atoms with E-state index in [-0.39, 0.29) is 12.7 Å². The van der Waals surface area contributed by atoms with Gasteiger partial charge >= 0.3 is 0 Å². The number of hydrogen-bond donors (Lipinski definition) is 2. The molecule has 1 aromatic heterocycles. The molecule has 1 fully saturated rings. The molecule has 0 amide bonds. The number of aliphatic hydroxyl groups is 1. The van der Waals surface area contributed by atoms with E-state index in [4.69, 9.17) is 9.84 Å². The molecule has 1 aromatic rings. The lowest BCUT2D eigenvalue weighted by atomic mass is 10.1. The number of ether oxygens (including phenoxy) is 1. The Morgan fingerprint density at radius 3 is 3.06 bits per heavy atom. The van der Waals surface area contributed by atoms with Gasteiger partial charge in [-0.3, -0.25) is 0 Å². The Labute approximate surface area is 107 Å². The van der Waals surface area contributed by atoms with Gasteiger partial charge in [0.15, 0.2) is 0 Å². The molecule has 0 radical (unpaired) electrons. The smallest absolute Gasteiger partial charge is 0.229 e. The van der Waals surface area contributed by atoms with Crippen molar-refractivity contribution in [2.24, 2.45) is 0 Å². The molecule has 2 rings (SSSR count). The molecule has 4 heteroatoms. The summed E-state index contributed by atoms with van der Waals surface area (Å²) in [5.74, 6) is 6.49. The zero-order chi connectivity index (χ0) is 12.6. The maximum atomic E-state index is 8.72. The van der Waals surface area contributed by atoms with E-state index in [9.17, 15) is 0 Å². The van der Waals surface area contributed by atoms with Crippen LogP contribution in [-0.2, 0) is 0 Å². The second-order valence-electron chi connectivity index (χ2n) is 4.20. The Balaban J connectivity index is 2.05. The lowest BCUT2D eigenvalue weighted by Crippen LogP contribution is -2.34. The van der Waals surface area contributed by atoms with E-state index in [1.165, 1.54) is 0 Å². The normalized spacial score (nSPS) is 15.8. The number of piperidine rings is 1. The Morgan fingerprint density at radius 1 is 1.44 bits per heavy atom. The Hall–Kier alpha value is -1.57. The van der Waals surface area contributed by atoms with Crippen LogP contribution in [0.4, 0.5) is 0 Å². The molecule has 1 aliphatic heterocycles. The van der Waals surface area contributed by atoms with Gasteiger partial charge in [0.2, 0.25) is 5.88 Å². The fourth-order valence-electron chi connectivity index (χ4n) is 1.86. The third kappa shape index (κ3) is 3.73. The third-order valence-electron chi connectivity index (χ3n) is 2.80. The van der Waals surface area contributed by atoms with Gasteiger partial charge in [0.1, 0.15) is 6.10 Å². The molecule has 1 saturated heterocycles. The van der Waals surface area contributed by atoms with Crippen molar-refractivity contribution in [1.29, 1.82) is 0 Å². The van der Waals surface area contributed by atoms with Crippen LogP contribution in [0.15, 0.2) is 18.3 Å². The highest BCUT2D eigenvalue weighted by Crippen LogP contribution is 2.18. The van der Waals surface area contributed by atoms with Crippen LogP contribution in [0.1, 0.15) is 24.8 Å². The number of pyridine rings is 1. The highest BCUT2D eigenvalue weighted by molar-refractivity contribution is 5.41. The summed E-state index contributed by atoms with van der Waals surface area (Å²) in [5.41, 5.74) is 0.796. The van der Waals surface area contributed by atoms with E-state index in [1.54, 1.807) is 6.20 Å². The molecule has 1 aliphatic rings. The average Bonchev–Trinajstić information content (AvgIpc) is 2.42. The topological polar surface area (TPSA) is 54.4 Å². The SMILES string of the molecule is OCCC#Cc1cccnc1OC1CCNCC1. The second-order valence-corrected chi connectivity index (χ2v) is 4.20. The zero-order valence-corrected chi connectivity index (χ0v) is 10.4. The molecule has 0 aromatic carbocycles. The van der Waals surface area contributed by atoms with Gasteiger partial charge in [-0.05, 0) is 38.1 Å². The molecule has 2 heterocycles. The lowest BCUT2D eigenvalue weighted by Gasteiger charge is -2.23. The van der Waals surface area contributed by atoms with Crippen LogP contribution in [-0.4, -0.2) is 35.9 Å². The van der Waals surface area contributed by atoms with Gasteiger partial charge in [-0.2, -0.15) is 0 Å². The summed E-state index contributed by atoms with van der Waals surface area (Å²) >= 11 is 0. The largest absolute Gasteiger partial charge is 0.473 e. The molecule has 2 N–H and O–H groups in total. The lowest BCUT2D eigenvalue weighted by molar-refractivity contribution is 0.155. The summed E-state index contributed by atoms with van der Waals surface area (Å²) in [4.78, 5) is 4.24. The Kier molecular flexibility index (Phi) is 5.00. The van der Waals surface area contributed by atoms with E-state index >= 15 is 0 Å². The van der Waals surface area contributed by atoms with E-state index in [2.05, 4.69) is 22.1 Å². The van der Waals surface area contributed by atoms with Crippen molar-refractivity contribution in [3.63, 3.8) is 0 Å². The van der Waals surface area contributed by atoms with E-state index in [0.29, 0.717) is 12.3 Å². The summed E-state index contributed by atoms with van der Waals surface area (Å²) in [5, 5.41) is 12.0. The van der Waals surface area contributed by atoms with E-state index < -0.39 is 0 Å². The first-order chi connectivity index (χ1) is 8.90. The second kappa shape index (κ2) is 7.00. The third-order valence-corrected chi connectivity index (χ3v) is 2.80. The van der Waals surface area contributed by atoms with Crippen molar-refractivity contribution in [3.8, 4) is 17.7 Å². The zero-order valence-electron chi connectivity index (χ0n) is 10.4. The molecule has 0 atom stereocenters. The number of nitrogens with one attached hydrogen (secondary N) is 1. The number of aromatic nitrogens is 1. The fourth-order valence-corrected chi connectivity index (χ4v) is 1.86. The summed E-state index contributed by atoms with van der Waals surface area (Å²) in [6.07, 6.45) is 4.41. The van der Waals surface area contributed by atoms with Crippen LogP contribution in [0.2, 0.25) is 0 Å². The maximum absolute atomic E-state index is 8.72. The highest BCUT2D eigenvalue weighted by atomic mass is 16.5. The Bertz CT molecular complexity index is 431. The first-order valence-corrected chi connectivity index (χ1v) is 6.32. The summed E-state index contributed by atoms with van der Waals surface area (Å²) < 4.78 is 5.90. The summed E-state index contributed by atoms with van der Waals surface area (Å²) in [6, 6.07) is 3.74. The molecule has 0 spiro atoms. The van der Waals surface area contributed by atoms with Gasteiger partial charge in [0.05, 0.1) is 12.2 Å². The monoisotopic (exact) mass is 246 g/mol. The number of aliphatic hydroxyl groups excluding tert-OH is 1. The van der Waals surface area contributed by atoms with Gasteiger partial charge in [-0.25, -0.2) is 4.98 Å². The summed E-state index contributed by atoms with van der Waals surface area (Å²) in [6.45, 7) is 2.06. The first kappa shape index (κ1) is 12.9. The number of rotatable bonds is 3. The van der Waals surface area contributed by atoms with Crippen molar-refractivity contribution in [2.45, 2.75) is 25.4 Å². The van der Waals surface area contributed by atoms with Crippen LogP contribution in [0.25, 0.3) is 0 Å². The molecule has 0 bridgehead atoms. The average molecular weight is 246 g/mol. The minimum Gasteiger partial charge on any atom is -0.473 e. The molecule has 18 heavy (non-hydrogen) atoms. The van der Waals surface area contributed by atoms with Gasteiger partial charge in [0, 0.05) is 12.6 Å². The minimum atomic E-state index is 0.0811. The van der Waals surface area contributed by atoms with Crippen molar-refractivity contribution >= 4 is 0 Å². The highest BCUT2D eigenvalue weighted by Gasteiger charge is 2.16. The molecular weight excluding hydrogens is 228 g/mol. The number of hydrogen-bond acceptors (Lipinski definition) is 4. The number of nitrogens with zero attached hydrogens (tertiary/aromatic N) is 1. The van der Waals surface area contributed by atoms with Crippen LogP contribution in [0.3, 0.4) is 0 Å². The molecule has 0 saturated carbocycles. The predicted octanol–water partition coefficient (Wildman–Crippen LogP) is 0.946. The standard InChI is InChI=1S/C14H18N2O2/c17-11-2-1-4-12-5-3-8-16-14(12)18-13-6-9-15-10-7-13/h3,5,8,13,15,17H,2,6-7,9-11H2. The molecular formula is C14H18N2O2.